The van der Waals surface area contributed by atoms with Gasteiger partial charge in [-0.15, -0.1) is 0 Å². The van der Waals surface area contributed by atoms with Crippen LogP contribution < -0.4 is 16.0 Å². The summed E-state index contributed by atoms with van der Waals surface area (Å²) in [6.45, 7) is 2.47. The Balaban J connectivity index is 1.92. The largest absolute Gasteiger partial charge is 0.376 e. The van der Waals surface area contributed by atoms with Gasteiger partial charge in [0.2, 0.25) is 5.91 Å². The Labute approximate surface area is 150 Å². The van der Waals surface area contributed by atoms with Crippen LogP contribution in [0.1, 0.15) is 17.3 Å². The number of hydrogen-bond acceptors (Lipinski definition) is 3. The molecule has 126 valence electrons. The standard InChI is InChI=1S/C17H17Cl2N3O2/c1-2-20-17(24)11-4-3-5-12(8-11)21-10-16(23)22-13-6-7-14(18)15(19)9-13/h3-9,21H,2,10H2,1H3,(H,20,24)(H,22,23). The maximum absolute atomic E-state index is 12.0. The minimum atomic E-state index is -0.239. The highest BCUT2D eigenvalue weighted by Gasteiger charge is 2.07. The molecule has 0 saturated heterocycles. The summed E-state index contributed by atoms with van der Waals surface area (Å²) in [5.41, 5.74) is 1.78. The van der Waals surface area contributed by atoms with Crippen LogP contribution in [0.4, 0.5) is 11.4 Å². The van der Waals surface area contributed by atoms with Crippen LogP contribution in [0.3, 0.4) is 0 Å². The molecular weight excluding hydrogens is 349 g/mol. The first-order valence-electron chi connectivity index (χ1n) is 7.36. The van der Waals surface area contributed by atoms with Crippen molar-refractivity contribution in [3.8, 4) is 0 Å². The highest BCUT2D eigenvalue weighted by atomic mass is 35.5. The van der Waals surface area contributed by atoms with Crippen LogP contribution in [0, 0.1) is 0 Å². The van der Waals surface area contributed by atoms with Crippen molar-refractivity contribution in [3.63, 3.8) is 0 Å². The van der Waals surface area contributed by atoms with Crippen molar-refractivity contribution in [3.05, 3.63) is 58.1 Å². The smallest absolute Gasteiger partial charge is 0.251 e. The molecule has 0 aromatic heterocycles. The highest BCUT2D eigenvalue weighted by molar-refractivity contribution is 6.42. The Morgan fingerprint density at radius 3 is 2.50 bits per heavy atom. The maximum atomic E-state index is 12.0. The van der Waals surface area contributed by atoms with Crippen LogP contribution in [-0.2, 0) is 4.79 Å². The molecule has 0 heterocycles. The lowest BCUT2D eigenvalue weighted by Crippen LogP contribution is -2.23. The highest BCUT2D eigenvalue weighted by Crippen LogP contribution is 2.24. The van der Waals surface area contributed by atoms with E-state index in [4.69, 9.17) is 23.2 Å². The molecule has 0 spiro atoms. The summed E-state index contributed by atoms with van der Waals surface area (Å²) in [6, 6.07) is 11.8. The van der Waals surface area contributed by atoms with E-state index in [1.165, 1.54) is 0 Å². The molecule has 0 aliphatic heterocycles. The zero-order valence-electron chi connectivity index (χ0n) is 13.0. The van der Waals surface area contributed by atoms with Gasteiger partial charge in [-0.25, -0.2) is 0 Å². The van der Waals surface area contributed by atoms with Crippen molar-refractivity contribution in [1.29, 1.82) is 0 Å². The second-order valence-electron chi connectivity index (χ2n) is 4.97. The van der Waals surface area contributed by atoms with Crippen LogP contribution in [-0.4, -0.2) is 24.9 Å². The van der Waals surface area contributed by atoms with Crippen molar-refractivity contribution >= 4 is 46.4 Å². The zero-order chi connectivity index (χ0) is 17.5. The fourth-order valence-electron chi connectivity index (χ4n) is 1.99. The summed E-state index contributed by atoms with van der Waals surface area (Å²) in [5.74, 6) is -0.391. The normalized spacial score (nSPS) is 10.1. The summed E-state index contributed by atoms with van der Waals surface area (Å²) in [4.78, 5) is 23.8. The molecule has 0 bridgehead atoms. The van der Waals surface area contributed by atoms with Crippen LogP contribution in [0.5, 0.6) is 0 Å². The molecule has 5 nitrogen and oxygen atoms in total. The number of amides is 2. The van der Waals surface area contributed by atoms with Gasteiger partial charge >= 0.3 is 0 Å². The van der Waals surface area contributed by atoms with E-state index in [0.29, 0.717) is 33.5 Å². The van der Waals surface area contributed by atoms with E-state index in [1.54, 1.807) is 42.5 Å². The van der Waals surface area contributed by atoms with E-state index >= 15 is 0 Å². The first-order valence-corrected chi connectivity index (χ1v) is 8.12. The minimum Gasteiger partial charge on any atom is -0.376 e. The lowest BCUT2D eigenvalue weighted by atomic mass is 10.2. The lowest BCUT2D eigenvalue weighted by molar-refractivity contribution is -0.114. The third kappa shape index (κ3) is 5.15. The summed E-state index contributed by atoms with van der Waals surface area (Å²) in [6.07, 6.45) is 0. The molecule has 0 aliphatic rings. The molecule has 0 fully saturated rings. The molecule has 0 aliphatic carbocycles. The Bertz CT molecular complexity index is 750. The monoisotopic (exact) mass is 365 g/mol. The van der Waals surface area contributed by atoms with Gasteiger partial charge in [-0.05, 0) is 43.3 Å². The van der Waals surface area contributed by atoms with Crippen molar-refractivity contribution in [1.82, 2.24) is 5.32 Å². The van der Waals surface area contributed by atoms with Gasteiger partial charge < -0.3 is 16.0 Å². The number of nitrogens with one attached hydrogen (secondary N) is 3. The van der Waals surface area contributed by atoms with Crippen LogP contribution >= 0.6 is 23.2 Å². The Morgan fingerprint density at radius 2 is 1.79 bits per heavy atom. The lowest BCUT2D eigenvalue weighted by Gasteiger charge is -2.10. The van der Waals surface area contributed by atoms with Crippen molar-refractivity contribution in [2.24, 2.45) is 0 Å². The summed E-state index contributed by atoms with van der Waals surface area (Å²) in [7, 11) is 0. The average molecular weight is 366 g/mol. The first kappa shape index (κ1) is 18.1. The molecule has 0 radical (unpaired) electrons. The number of rotatable bonds is 6. The molecule has 3 N–H and O–H groups in total. The third-order valence-corrected chi connectivity index (χ3v) is 3.86. The van der Waals surface area contributed by atoms with Gasteiger partial charge in [0.05, 0.1) is 16.6 Å². The second-order valence-corrected chi connectivity index (χ2v) is 5.79. The van der Waals surface area contributed by atoms with E-state index in [1.807, 2.05) is 6.92 Å². The number of benzene rings is 2. The van der Waals surface area contributed by atoms with E-state index < -0.39 is 0 Å². The van der Waals surface area contributed by atoms with E-state index in [2.05, 4.69) is 16.0 Å². The topological polar surface area (TPSA) is 70.2 Å². The van der Waals surface area contributed by atoms with Gasteiger partial charge in [0.15, 0.2) is 0 Å². The summed E-state index contributed by atoms with van der Waals surface area (Å²) in [5, 5.41) is 9.22. The first-order chi connectivity index (χ1) is 11.5. The van der Waals surface area contributed by atoms with Gasteiger partial charge in [0, 0.05) is 23.5 Å². The maximum Gasteiger partial charge on any atom is 0.251 e. The Morgan fingerprint density at radius 1 is 1.00 bits per heavy atom. The van der Waals surface area contributed by atoms with Gasteiger partial charge in [-0.1, -0.05) is 29.3 Å². The number of hydrogen-bond donors (Lipinski definition) is 3. The molecule has 0 unspecified atom stereocenters. The predicted molar refractivity (Wildman–Crippen MR) is 98.0 cm³/mol. The fraction of sp³-hybridized carbons (Fsp3) is 0.176. The predicted octanol–water partition coefficient (Wildman–Crippen LogP) is 3.79. The number of anilines is 2. The second kappa shape index (κ2) is 8.57. The molecule has 2 aromatic rings. The van der Waals surface area contributed by atoms with Crippen LogP contribution in [0.15, 0.2) is 42.5 Å². The van der Waals surface area contributed by atoms with E-state index in [0.717, 1.165) is 0 Å². The summed E-state index contributed by atoms with van der Waals surface area (Å²) < 4.78 is 0. The minimum absolute atomic E-state index is 0.0547. The molecule has 2 rings (SSSR count). The van der Waals surface area contributed by atoms with Crippen LogP contribution in [0.25, 0.3) is 0 Å². The van der Waals surface area contributed by atoms with E-state index in [-0.39, 0.29) is 18.4 Å². The SMILES string of the molecule is CCNC(=O)c1cccc(NCC(=O)Nc2ccc(Cl)c(Cl)c2)c1. The quantitative estimate of drug-likeness (QED) is 0.729. The van der Waals surface area contributed by atoms with Crippen LogP contribution in [0.2, 0.25) is 10.0 Å². The van der Waals surface area contributed by atoms with Gasteiger partial charge in [-0.2, -0.15) is 0 Å². The Kier molecular flexibility index (Phi) is 6.46. The molecule has 24 heavy (non-hydrogen) atoms. The van der Waals surface area contributed by atoms with Crippen molar-refractivity contribution in [2.75, 3.05) is 23.7 Å². The molecule has 0 saturated carbocycles. The molecule has 2 amide bonds. The van der Waals surface area contributed by atoms with Gasteiger partial charge in [0.25, 0.3) is 5.91 Å². The number of carbonyl (C=O) groups is 2. The molecule has 7 heteroatoms. The van der Waals surface area contributed by atoms with Crippen molar-refractivity contribution in [2.45, 2.75) is 6.92 Å². The van der Waals surface area contributed by atoms with Gasteiger partial charge in [-0.3, -0.25) is 9.59 Å². The summed E-state index contributed by atoms with van der Waals surface area (Å²) >= 11 is 11.7. The third-order valence-electron chi connectivity index (χ3n) is 3.12. The molecular formula is C17H17Cl2N3O2. The van der Waals surface area contributed by atoms with E-state index in [9.17, 15) is 9.59 Å². The molecule has 0 atom stereocenters. The average Bonchev–Trinajstić information content (AvgIpc) is 2.57. The Hall–Kier alpha value is -2.24. The van der Waals surface area contributed by atoms with Gasteiger partial charge in [0.1, 0.15) is 0 Å². The fourth-order valence-corrected chi connectivity index (χ4v) is 2.29. The number of carbonyl (C=O) groups excluding carboxylic acids is 2. The molecule has 2 aromatic carbocycles. The van der Waals surface area contributed by atoms with Crippen molar-refractivity contribution < 1.29 is 9.59 Å². The zero-order valence-corrected chi connectivity index (χ0v) is 14.5. The number of halogens is 2.